The van der Waals surface area contributed by atoms with E-state index in [-0.39, 0.29) is 11.9 Å². The van der Waals surface area contributed by atoms with Crippen LogP contribution < -0.4 is 0 Å². The molecule has 0 heterocycles. The monoisotopic (exact) mass is 400 g/mol. The fraction of sp³-hybridized carbons (Fsp3) is 0.120. The summed E-state index contributed by atoms with van der Waals surface area (Å²) in [7, 11) is 0. The normalized spacial score (nSPS) is 12.1. The van der Waals surface area contributed by atoms with Crippen molar-refractivity contribution in [1.29, 1.82) is 0 Å². The number of hydrogen-bond acceptors (Lipinski definition) is 3. The van der Waals surface area contributed by atoms with Crippen LogP contribution in [-0.2, 0) is 0 Å². The Labute approximate surface area is 174 Å². The van der Waals surface area contributed by atoms with Crippen molar-refractivity contribution in [3.05, 3.63) is 84.4 Å². The zero-order valence-electron chi connectivity index (χ0n) is 15.3. The maximum atomic E-state index is 9.26. The average molecular weight is 401 g/mol. The molecule has 4 rings (SSSR count). The molecule has 0 saturated carbocycles. The Morgan fingerprint density at radius 1 is 0.821 bits per heavy atom. The van der Waals surface area contributed by atoms with Crippen LogP contribution in [0.15, 0.2) is 88.7 Å². The largest absolute Gasteiger partial charge is 0.396 e. The van der Waals surface area contributed by atoms with Gasteiger partial charge < -0.3 is 5.11 Å². The van der Waals surface area contributed by atoms with Gasteiger partial charge in [0.2, 0.25) is 0 Å². The molecule has 1 unspecified atom stereocenters. The predicted octanol–water partition coefficient (Wildman–Crippen LogP) is 6.54. The summed E-state index contributed by atoms with van der Waals surface area (Å²) in [6, 6.07) is 27.5. The smallest absolute Gasteiger partial charge is 0.0951 e. The summed E-state index contributed by atoms with van der Waals surface area (Å²) in [6.07, 6.45) is 5.97. The number of aliphatic hydroxyl groups is 1. The topological polar surface area (TPSA) is 20.2 Å². The molecule has 0 bridgehead atoms. The summed E-state index contributed by atoms with van der Waals surface area (Å²) in [6.45, 7) is 0.159. The molecule has 0 aliphatic carbocycles. The zero-order chi connectivity index (χ0) is 19.3. The van der Waals surface area contributed by atoms with Gasteiger partial charge in [-0.1, -0.05) is 66.6 Å². The Morgan fingerprint density at radius 3 is 2.25 bits per heavy atom. The van der Waals surface area contributed by atoms with Gasteiger partial charge >= 0.3 is 0 Å². The summed E-state index contributed by atoms with van der Waals surface area (Å²) in [5.41, 5.74) is 1.12. The molecule has 138 valence electrons. The van der Waals surface area contributed by atoms with Crippen molar-refractivity contribution in [3.8, 4) is 12.3 Å². The lowest BCUT2D eigenvalue weighted by atomic mass is 10.0. The van der Waals surface area contributed by atoms with Gasteiger partial charge in [-0.3, -0.25) is 0 Å². The minimum absolute atomic E-state index is 0.0797. The molecule has 0 spiro atoms. The third kappa shape index (κ3) is 3.91. The fourth-order valence-corrected chi connectivity index (χ4v) is 5.28. The van der Waals surface area contributed by atoms with Gasteiger partial charge in [-0.15, -0.1) is 29.9 Å². The number of terminal acetylenes is 1. The lowest BCUT2D eigenvalue weighted by molar-refractivity contribution is 0.322. The van der Waals surface area contributed by atoms with Gasteiger partial charge in [0.05, 0.1) is 11.9 Å². The first-order valence-electron chi connectivity index (χ1n) is 9.17. The van der Waals surface area contributed by atoms with E-state index in [1.807, 2.05) is 0 Å². The van der Waals surface area contributed by atoms with Crippen molar-refractivity contribution in [1.82, 2.24) is 0 Å². The van der Waals surface area contributed by atoms with Crippen molar-refractivity contribution in [3.63, 3.8) is 0 Å². The van der Waals surface area contributed by atoms with E-state index in [0.717, 1.165) is 5.56 Å². The van der Waals surface area contributed by atoms with E-state index in [4.69, 9.17) is 6.42 Å². The highest BCUT2D eigenvalue weighted by Crippen LogP contribution is 2.41. The highest BCUT2D eigenvalue weighted by molar-refractivity contribution is 8.00. The third-order valence-electron chi connectivity index (χ3n) is 4.64. The number of hydrogen-bond donors (Lipinski definition) is 1. The maximum Gasteiger partial charge on any atom is 0.0951 e. The van der Waals surface area contributed by atoms with Crippen LogP contribution in [0.3, 0.4) is 0 Å². The van der Waals surface area contributed by atoms with Crippen molar-refractivity contribution >= 4 is 45.1 Å². The Kier molecular flexibility index (Phi) is 5.92. The summed E-state index contributed by atoms with van der Waals surface area (Å²) in [5, 5.41) is 14.0. The molecule has 1 atom stereocenters. The number of fused-ring (bicyclic) bond motifs is 2. The van der Waals surface area contributed by atoms with Crippen LogP contribution in [0.2, 0.25) is 0 Å². The molecule has 4 aromatic carbocycles. The van der Waals surface area contributed by atoms with Crippen molar-refractivity contribution in [2.24, 2.45) is 0 Å². The molecular weight excluding hydrogens is 380 g/mol. The molecule has 4 aromatic rings. The second-order valence-corrected chi connectivity index (χ2v) is 8.74. The van der Waals surface area contributed by atoms with Gasteiger partial charge in [0.25, 0.3) is 0 Å². The molecule has 0 aromatic heterocycles. The second kappa shape index (κ2) is 8.75. The van der Waals surface area contributed by atoms with Gasteiger partial charge in [-0.05, 0) is 45.3 Å². The number of aliphatic hydroxyl groups excluding tert-OH is 1. The van der Waals surface area contributed by atoms with Crippen LogP contribution in [0.5, 0.6) is 0 Å². The Balaban J connectivity index is 1.75. The highest BCUT2D eigenvalue weighted by Gasteiger charge is 2.15. The molecule has 3 heteroatoms. The molecule has 0 aliphatic rings. The van der Waals surface area contributed by atoms with E-state index in [2.05, 4.69) is 84.8 Å². The first kappa shape index (κ1) is 19.0. The Morgan fingerprint density at radius 2 is 1.50 bits per heavy atom. The number of rotatable bonds is 6. The van der Waals surface area contributed by atoms with Gasteiger partial charge in [-0.2, -0.15) is 0 Å². The fourth-order valence-electron chi connectivity index (χ4n) is 3.35. The molecule has 1 nitrogen and oxygen atoms in total. The molecule has 28 heavy (non-hydrogen) atoms. The molecule has 0 radical (unpaired) electrons. The van der Waals surface area contributed by atoms with Crippen LogP contribution in [0.1, 0.15) is 10.8 Å². The van der Waals surface area contributed by atoms with E-state index in [0.29, 0.717) is 5.75 Å². The van der Waals surface area contributed by atoms with Crippen molar-refractivity contribution < 1.29 is 5.11 Å². The maximum absolute atomic E-state index is 9.26. The van der Waals surface area contributed by atoms with Gasteiger partial charge in [-0.25, -0.2) is 0 Å². The van der Waals surface area contributed by atoms with Crippen molar-refractivity contribution in [2.75, 3.05) is 12.4 Å². The van der Waals surface area contributed by atoms with Gasteiger partial charge in [0.15, 0.2) is 0 Å². The summed E-state index contributed by atoms with van der Waals surface area (Å²) in [4.78, 5) is 2.36. The molecule has 0 amide bonds. The third-order valence-corrected chi connectivity index (χ3v) is 6.93. The summed E-state index contributed by atoms with van der Waals surface area (Å²) in [5.74, 6) is 3.66. The average Bonchev–Trinajstić information content (AvgIpc) is 2.75. The molecule has 1 N–H and O–H groups in total. The van der Waals surface area contributed by atoms with E-state index in [1.54, 1.807) is 23.5 Å². The molecule has 0 aliphatic heterocycles. The molecule has 0 fully saturated rings. The second-order valence-electron chi connectivity index (χ2n) is 6.45. The summed E-state index contributed by atoms with van der Waals surface area (Å²) < 4.78 is 0. The first-order chi connectivity index (χ1) is 13.8. The lowest BCUT2D eigenvalue weighted by Crippen LogP contribution is -1.94. The summed E-state index contributed by atoms with van der Waals surface area (Å²) >= 11 is 3.39. The first-order valence-corrected chi connectivity index (χ1v) is 11.0. The minimum Gasteiger partial charge on any atom is -0.396 e. The van der Waals surface area contributed by atoms with Crippen LogP contribution >= 0.6 is 23.5 Å². The van der Waals surface area contributed by atoms with Crippen molar-refractivity contribution in [2.45, 2.75) is 15.0 Å². The van der Waals surface area contributed by atoms with Crippen LogP contribution in [-0.4, -0.2) is 17.5 Å². The van der Waals surface area contributed by atoms with Crippen LogP contribution in [0.25, 0.3) is 21.5 Å². The van der Waals surface area contributed by atoms with E-state index >= 15 is 0 Å². The van der Waals surface area contributed by atoms with Crippen LogP contribution in [0, 0.1) is 12.3 Å². The lowest BCUT2D eigenvalue weighted by Gasteiger charge is -2.16. The van der Waals surface area contributed by atoms with E-state index < -0.39 is 0 Å². The van der Waals surface area contributed by atoms with E-state index in [1.165, 1.54) is 31.3 Å². The van der Waals surface area contributed by atoms with E-state index in [9.17, 15) is 5.11 Å². The standard InChI is InChI=1S/C25H20OS2/c1-2-23(28-24-13-7-10-18-8-3-5-11-21(18)24)20-16-19-9-4-6-12-22(19)25(17-20)27-15-14-26/h1,3-13,16-17,23,26H,14-15H2. The van der Waals surface area contributed by atoms with Gasteiger partial charge in [0, 0.05) is 15.5 Å². The Hall–Kier alpha value is -2.38. The number of benzene rings is 4. The van der Waals surface area contributed by atoms with Crippen LogP contribution in [0.4, 0.5) is 0 Å². The molecular formula is C25H20OS2. The molecule has 0 saturated heterocycles. The quantitative estimate of drug-likeness (QED) is 0.293. The number of thioether (sulfide) groups is 2. The highest BCUT2D eigenvalue weighted by atomic mass is 32.2. The minimum atomic E-state index is -0.0797. The zero-order valence-corrected chi connectivity index (χ0v) is 17.0. The predicted molar refractivity (Wildman–Crippen MR) is 123 cm³/mol. The SMILES string of the molecule is C#CC(Sc1cccc2ccccc12)c1cc(SCCO)c2ccccc2c1. The van der Waals surface area contributed by atoms with Gasteiger partial charge in [0.1, 0.15) is 0 Å². The Bertz CT molecular complexity index is 1150.